The van der Waals surface area contributed by atoms with Gasteiger partial charge in [0.1, 0.15) is 11.5 Å². The second-order valence-electron chi connectivity index (χ2n) is 8.94. The van der Waals surface area contributed by atoms with Crippen molar-refractivity contribution in [2.45, 2.75) is 19.8 Å². The van der Waals surface area contributed by atoms with Gasteiger partial charge in [0.15, 0.2) is 11.5 Å². The highest BCUT2D eigenvalue weighted by Crippen LogP contribution is 2.48. The standard InChI is InChI=1S/C30H31NO6/c1-17-24(12-19-13-26(36-5)29(32)27(14-19)37-6)23-11-10-22(35-4)16-25(23)28(17)18(2)30(33)31-20-8-7-9-21(15-20)34-3/h7-16,18,28H,1-6H3,(H,31,33). The number of allylic oxidation sites excluding steroid dienone is 6. The number of nitrogens with one attached hydrogen (secondary N) is 1. The number of rotatable bonds is 8. The Balaban J connectivity index is 1.75. The van der Waals surface area contributed by atoms with Crippen LogP contribution >= 0.6 is 0 Å². The summed E-state index contributed by atoms with van der Waals surface area (Å²) in [5.41, 5.74) is 5.47. The van der Waals surface area contributed by atoms with E-state index in [0.717, 1.165) is 33.6 Å². The first-order valence-corrected chi connectivity index (χ1v) is 11.9. The lowest BCUT2D eigenvalue weighted by molar-refractivity contribution is -0.120. The third-order valence-electron chi connectivity index (χ3n) is 6.82. The zero-order valence-electron chi connectivity index (χ0n) is 21.9. The maximum atomic E-state index is 13.4. The molecule has 0 bridgehead atoms. The van der Waals surface area contributed by atoms with Crippen molar-refractivity contribution in [3.63, 3.8) is 0 Å². The second-order valence-corrected chi connectivity index (χ2v) is 8.94. The molecule has 0 aliphatic heterocycles. The average molecular weight is 502 g/mol. The van der Waals surface area contributed by atoms with Gasteiger partial charge in [-0.1, -0.05) is 24.6 Å². The SMILES string of the molecule is COC1=CC(=CC2=C(C)C(C(C)C(=O)Nc3cccc(OC)c3)c3cc(OC)ccc32)C=C(OC)C1=O. The number of anilines is 1. The summed E-state index contributed by atoms with van der Waals surface area (Å²) >= 11 is 0. The number of carbonyl (C=O) groups excluding carboxylic acids is 2. The highest BCUT2D eigenvalue weighted by atomic mass is 16.5. The normalized spacial score (nSPS) is 17.4. The molecule has 7 nitrogen and oxygen atoms in total. The monoisotopic (exact) mass is 501 g/mol. The van der Waals surface area contributed by atoms with E-state index in [1.54, 1.807) is 32.4 Å². The second kappa shape index (κ2) is 10.8. The number of methoxy groups -OCH3 is 4. The first-order valence-electron chi connectivity index (χ1n) is 11.9. The predicted octanol–water partition coefficient (Wildman–Crippen LogP) is 5.42. The molecule has 2 aromatic rings. The van der Waals surface area contributed by atoms with Crippen LogP contribution in [0.3, 0.4) is 0 Å². The number of hydrogen-bond donors (Lipinski definition) is 1. The van der Waals surface area contributed by atoms with Crippen molar-refractivity contribution in [3.05, 3.63) is 94.5 Å². The van der Waals surface area contributed by atoms with Crippen LogP contribution in [0, 0.1) is 5.92 Å². The van der Waals surface area contributed by atoms with E-state index < -0.39 is 0 Å². The van der Waals surface area contributed by atoms with Crippen LogP contribution in [0.4, 0.5) is 5.69 Å². The summed E-state index contributed by atoms with van der Waals surface area (Å²) in [6.45, 7) is 3.96. The molecule has 7 heteroatoms. The highest BCUT2D eigenvalue weighted by Gasteiger charge is 2.36. The lowest BCUT2D eigenvalue weighted by Crippen LogP contribution is -2.26. The average Bonchev–Trinajstić information content (AvgIpc) is 3.18. The first kappa shape index (κ1) is 25.8. The molecule has 2 aromatic carbocycles. The fourth-order valence-electron chi connectivity index (χ4n) is 4.88. The number of Topliss-reactive ketones (excluding diaryl/α,β-unsaturated/α-hetero) is 1. The Hall–Kier alpha value is -4.26. The van der Waals surface area contributed by atoms with Crippen LogP contribution in [-0.4, -0.2) is 40.1 Å². The van der Waals surface area contributed by atoms with Crippen LogP contribution in [0.15, 0.2) is 83.4 Å². The Kier molecular flexibility index (Phi) is 7.53. The van der Waals surface area contributed by atoms with Crippen molar-refractivity contribution in [3.8, 4) is 11.5 Å². The van der Waals surface area contributed by atoms with Crippen LogP contribution in [0.5, 0.6) is 11.5 Å². The van der Waals surface area contributed by atoms with Gasteiger partial charge in [-0.25, -0.2) is 0 Å². The molecule has 0 aromatic heterocycles. The maximum Gasteiger partial charge on any atom is 0.261 e. The number of benzene rings is 2. The molecule has 1 N–H and O–H groups in total. The lowest BCUT2D eigenvalue weighted by Gasteiger charge is -2.22. The topological polar surface area (TPSA) is 83.1 Å². The predicted molar refractivity (Wildman–Crippen MR) is 142 cm³/mol. The molecule has 4 rings (SSSR count). The van der Waals surface area contributed by atoms with Gasteiger partial charge in [0.2, 0.25) is 5.91 Å². The van der Waals surface area contributed by atoms with E-state index in [9.17, 15) is 9.59 Å². The molecule has 0 saturated heterocycles. The lowest BCUT2D eigenvalue weighted by atomic mass is 9.84. The van der Waals surface area contributed by atoms with Gasteiger partial charge in [0, 0.05) is 23.6 Å². The maximum absolute atomic E-state index is 13.4. The summed E-state index contributed by atoms with van der Waals surface area (Å²) in [5.74, 6) is 0.845. The summed E-state index contributed by atoms with van der Waals surface area (Å²) in [6, 6.07) is 13.2. The van der Waals surface area contributed by atoms with Crippen LogP contribution in [0.25, 0.3) is 5.57 Å². The van der Waals surface area contributed by atoms with Gasteiger partial charge in [-0.2, -0.15) is 0 Å². The van der Waals surface area contributed by atoms with Gasteiger partial charge in [-0.05, 0) is 71.7 Å². The van der Waals surface area contributed by atoms with Crippen molar-refractivity contribution in [2.24, 2.45) is 5.92 Å². The number of fused-ring (bicyclic) bond motifs is 1. The Bertz CT molecular complexity index is 1340. The molecule has 2 atom stereocenters. The molecule has 0 spiro atoms. The van der Waals surface area contributed by atoms with E-state index in [4.69, 9.17) is 18.9 Å². The molecule has 1 amide bonds. The molecule has 0 saturated carbocycles. The van der Waals surface area contributed by atoms with Gasteiger partial charge in [0.05, 0.1) is 28.4 Å². The molecule has 0 fully saturated rings. The molecule has 2 aliphatic carbocycles. The largest absolute Gasteiger partial charge is 0.497 e. The van der Waals surface area contributed by atoms with Crippen LogP contribution in [0.1, 0.15) is 30.9 Å². The van der Waals surface area contributed by atoms with E-state index in [-0.39, 0.29) is 35.0 Å². The van der Waals surface area contributed by atoms with Crippen molar-refractivity contribution in [1.29, 1.82) is 0 Å². The third kappa shape index (κ3) is 5.03. The molecule has 2 aliphatic rings. The fourth-order valence-corrected chi connectivity index (χ4v) is 4.88. The summed E-state index contributed by atoms with van der Waals surface area (Å²) in [5, 5.41) is 3.02. The van der Waals surface area contributed by atoms with E-state index in [2.05, 4.69) is 5.32 Å². The molecule has 37 heavy (non-hydrogen) atoms. The van der Waals surface area contributed by atoms with E-state index >= 15 is 0 Å². The Morgan fingerprint density at radius 3 is 2.19 bits per heavy atom. The van der Waals surface area contributed by atoms with Crippen molar-refractivity contribution < 1.29 is 28.5 Å². The number of amides is 1. The van der Waals surface area contributed by atoms with Gasteiger partial charge in [-0.15, -0.1) is 0 Å². The van der Waals surface area contributed by atoms with Gasteiger partial charge in [0.25, 0.3) is 5.78 Å². The molecule has 0 radical (unpaired) electrons. The molecule has 192 valence electrons. The minimum absolute atomic E-state index is 0.105. The Labute approximate surface area is 217 Å². The zero-order valence-corrected chi connectivity index (χ0v) is 21.9. The highest BCUT2D eigenvalue weighted by molar-refractivity contribution is 6.07. The fraction of sp³-hybridized carbons (Fsp3) is 0.267. The van der Waals surface area contributed by atoms with Crippen LogP contribution in [0.2, 0.25) is 0 Å². The van der Waals surface area contributed by atoms with Crippen LogP contribution < -0.4 is 14.8 Å². The zero-order chi connectivity index (χ0) is 26.7. The smallest absolute Gasteiger partial charge is 0.261 e. The van der Waals surface area contributed by atoms with E-state index in [0.29, 0.717) is 11.4 Å². The molecule has 2 unspecified atom stereocenters. The quantitative estimate of drug-likeness (QED) is 0.520. The number of hydrogen-bond acceptors (Lipinski definition) is 6. The van der Waals surface area contributed by atoms with Crippen LogP contribution in [-0.2, 0) is 19.1 Å². The minimum atomic E-state index is -0.379. The van der Waals surface area contributed by atoms with Gasteiger partial charge in [-0.3, -0.25) is 9.59 Å². The first-order chi connectivity index (χ1) is 17.8. The Morgan fingerprint density at radius 1 is 0.919 bits per heavy atom. The molecular weight excluding hydrogens is 470 g/mol. The minimum Gasteiger partial charge on any atom is -0.497 e. The summed E-state index contributed by atoms with van der Waals surface area (Å²) in [6.07, 6.45) is 5.39. The van der Waals surface area contributed by atoms with Gasteiger partial charge >= 0.3 is 0 Å². The molecular formula is C30H31NO6. The van der Waals surface area contributed by atoms with Crippen molar-refractivity contribution in [2.75, 3.05) is 33.8 Å². The van der Waals surface area contributed by atoms with E-state index in [1.807, 2.05) is 56.3 Å². The third-order valence-corrected chi connectivity index (χ3v) is 6.82. The van der Waals surface area contributed by atoms with Crippen molar-refractivity contribution in [1.82, 2.24) is 0 Å². The Morgan fingerprint density at radius 2 is 1.57 bits per heavy atom. The summed E-state index contributed by atoms with van der Waals surface area (Å²) in [4.78, 5) is 25.8. The molecule has 0 heterocycles. The number of ether oxygens (including phenoxy) is 4. The number of carbonyl (C=O) groups is 2. The van der Waals surface area contributed by atoms with Crippen molar-refractivity contribution >= 4 is 23.0 Å². The summed E-state index contributed by atoms with van der Waals surface area (Å²) in [7, 11) is 6.13. The number of ketones is 1. The van der Waals surface area contributed by atoms with Gasteiger partial charge < -0.3 is 24.3 Å². The van der Waals surface area contributed by atoms with E-state index in [1.165, 1.54) is 14.2 Å². The summed E-state index contributed by atoms with van der Waals surface area (Å²) < 4.78 is 21.3.